The van der Waals surface area contributed by atoms with Gasteiger partial charge in [0.05, 0.1) is 22.5 Å². The molecule has 1 nitrogen and oxygen atoms in total. The molecule has 304 valence electrons. The maximum atomic E-state index is 2.65. The van der Waals surface area contributed by atoms with Crippen molar-refractivity contribution in [3.63, 3.8) is 0 Å². The van der Waals surface area contributed by atoms with Gasteiger partial charge in [-0.3, -0.25) is 0 Å². The highest BCUT2D eigenvalue weighted by molar-refractivity contribution is 6.07. The first-order valence-corrected chi connectivity index (χ1v) is 23.1. The summed E-state index contributed by atoms with van der Waals surface area (Å²) in [6.07, 6.45) is 6.46. The Kier molecular flexibility index (Phi) is 8.90. The van der Waals surface area contributed by atoms with Crippen molar-refractivity contribution in [1.29, 1.82) is 0 Å². The molecule has 9 aromatic rings. The molecular formula is C62H51N. The third-order valence-corrected chi connectivity index (χ3v) is 14.9. The van der Waals surface area contributed by atoms with E-state index in [1.807, 2.05) is 0 Å². The van der Waals surface area contributed by atoms with Crippen LogP contribution in [0.4, 0.5) is 17.1 Å². The monoisotopic (exact) mass is 809 g/mol. The summed E-state index contributed by atoms with van der Waals surface area (Å²) in [4.78, 5) is 2.65. The second kappa shape index (κ2) is 14.8. The van der Waals surface area contributed by atoms with E-state index in [4.69, 9.17) is 0 Å². The zero-order chi connectivity index (χ0) is 42.1. The summed E-state index contributed by atoms with van der Waals surface area (Å²) in [7, 11) is 0. The van der Waals surface area contributed by atoms with Gasteiger partial charge in [0.1, 0.15) is 0 Å². The highest BCUT2D eigenvalue weighted by atomic mass is 15.2. The Bertz CT molecular complexity index is 3140. The Morgan fingerprint density at radius 2 is 0.857 bits per heavy atom. The fourth-order valence-corrected chi connectivity index (χ4v) is 12.2. The van der Waals surface area contributed by atoms with Crippen LogP contribution in [-0.2, 0) is 10.8 Å². The van der Waals surface area contributed by atoms with Crippen LogP contribution in [0.3, 0.4) is 0 Å². The highest BCUT2D eigenvalue weighted by Gasteiger charge is 2.48. The predicted octanol–water partition coefficient (Wildman–Crippen LogP) is 16.7. The summed E-state index contributed by atoms with van der Waals surface area (Å²) in [6, 6.07) is 78.1. The van der Waals surface area contributed by atoms with Crippen molar-refractivity contribution in [3.8, 4) is 33.4 Å². The lowest BCUT2D eigenvalue weighted by molar-refractivity contribution is 0.445. The van der Waals surface area contributed by atoms with Crippen molar-refractivity contribution in [3.05, 3.63) is 245 Å². The van der Waals surface area contributed by atoms with Crippen molar-refractivity contribution in [2.75, 3.05) is 4.90 Å². The molecule has 0 aliphatic heterocycles. The lowest BCUT2D eigenvalue weighted by atomic mass is 9.68. The summed E-state index contributed by atoms with van der Waals surface area (Å²) < 4.78 is 0. The largest absolute Gasteiger partial charge is 0.309 e. The van der Waals surface area contributed by atoms with Crippen molar-refractivity contribution >= 4 is 27.8 Å². The molecule has 0 aromatic heterocycles. The van der Waals surface area contributed by atoms with Gasteiger partial charge < -0.3 is 4.90 Å². The number of benzene rings is 9. The Balaban J connectivity index is 1.20. The average Bonchev–Trinajstić information content (AvgIpc) is 3.79. The van der Waals surface area contributed by atoms with E-state index in [-0.39, 0.29) is 5.41 Å². The Hall–Kier alpha value is -6.96. The molecule has 63 heavy (non-hydrogen) atoms. The van der Waals surface area contributed by atoms with Gasteiger partial charge in [0.2, 0.25) is 0 Å². The molecule has 0 amide bonds. The molecule has 9 aromatic carbocycles. The molecule has 1 saturated carbocycles. The smallest absolute Gasteiger partial charge is 0.0714 e. The summed E-state index contributed by atoms with van der Waals surface area (Å²) in [5.74, 6) is 0.570. The van der Waals surface area contributed by atoms with Crippen molar-refractivity contribution < 1.29 is 0 Å². The van der Waals surface area contributed by atoms with Crippen molar-refractivity contribution in [2.24, 2.45) is 0 Å². The zero-order valence-corrected chi connectivity index (χ0v) is 36.2. The molecule has 12 rings (SSSR count). The Morgan fingerprint density at radius 1 is 0.381 bits per heavy atom. The molecule has 3 aliphatic carbocycles. The normalized spacial score (nSPS) is 15.7. The maximum Gasteiger partial charge on any atom is 0.0714 e. The Morgan fingerprint density at radius 3 is 1.54 bits per heavy atom. The van der Waals surface area contributed by atoms with Gasteiger partial charge in [0, 0.05) is 22.1 Å². The molecule has 3 aliphatic rings. The molecule has 0 atom stereocenters. The van der Waals surface area contributed by atoms with Gasteiger partial charge in [-0.15, -0.1) is 0 Å². The third kappa shape index (κ3) is 5.62. The number of hydrogen-bond donors (Lipinski definition) is 0. The summed E-state index contributed by atoms with van der Waals surface area (Å²) in [5.41, 5.74) is 20.0. The first-order valence-electron chi connectivity index (χ1n) is 23.1. The standard InChI is InChI=1S/C62H51N/c1-61(2)51-35-15-12-31-49(51)59-53(61)37-20-40-56(59)63(55-39-17-14-30-47(55)48-34-19-25-43-24-18-33-46(58(43)48)42-22-6-3-7-23-42)57-41-21-38-54-60(57)50-32-13-16-36-52(50)62(54,44-26-8-4-9-27-44)45-28-10-5-11-29-45/h4-5,8-21,24-42H,3,6-7,22-23H2,1-2H3. The van der Waals surface area contributed by atoms with Crippen LogP contribution in [0.5, 0.6) is 0 Å². The van der Waals surface area contributed by atoms with Gasteiger partial charge in [-0.2, -0.15) is 0 Å². The number of fused-ring (bicyclic) bond motifs is 7. The van der Waals surface area contributed by atoms with Gasteiger partial charge in [-0.25, -0.2) is 0 Å². The SMILES string of the molecule is CC1(C)c2ccccc2-c2c(N(c3ccccc3-c3cccc4cccc(C5CCCCC5)c34)c3cccc4c3-c3ccccc3C4(c3ccccc3)c3ccccc3)cccc21. The van der Waals surface area contributed by atoms with E-state index in [0.29, 0.717) is 5.92 Å². The highest BCUT2D eigenvalue weighted by Crippen LogP contribution is 2.62. The molecule has 0 bridgehead atoms. The summed E-state index contributed by atoms with van der Waals surface area (Å²) >= 11 is 0. The first-order chi connectivity index (χ1) is 31.1. The van der Waals surface area contributed by atoms with Crippen LogP contribution in [0.15, 0.2) is 206 Å². The van der Waals surface area contributed by atoms with Gasteiger partial charge in [0.25, 0.3) is 0 Å². The molecule has 0 N–H and O–H groups in total. The molecule has 0 heterocycles. The van der Waals surface area contributed by atoms with E-state index in [9.17, 15) is 0 Å². The van der Waals surface area contributed by atoms with Gasteiger partial charge in [-0.1, -0.05) is 221 Å². The lowest BCUT2D eigenvalue weighted by Gasteiger charge is -2.35. The molecule has 0 saturated heterocycles. The second-order valence-electron chi connectivity index (χ2n) is 18.5. The van der Waals surface area contributed by atoms with Crippen LogP contribution in [0, 0.1) is 0 Å². The van der Waals surface area contributed by atoms with Crippen molar-refractivity contribution in [2.45, 2.75) is 62.7 Å². The number of rotatable bonds is 7. The summed E-state index contributed by atoms with van der Waals surface area (Å²) in [6.45, 7) is 4.79. The third-order valence-electron chi connectivity index (χ3n) is 14.9. The predicted molar refractivity (Wildman–Crippen MR) is 265 cm³/mol. The minimum Gasteiger partial charge on any atom is -0.309 e. The molecule has 0 unspecified atom stereocenters. The summed E-state index contributed by atoms with van der Waals surface area (Å²) in [5, 5.41) is 2.72. The van der Waals surface area contributed by atoms with E-state index >= 15 is 0 Å². The van der Waals surface area contributed by atoms with Crippen LogP contribution in [-0.4, -0.2) is 0 Å². The van der Waals surface area contributed by atoms with Crippen LogP contribution >= 0.6 is 0 Å². The first kappa shape index (κ1) is 37.8. The van der Waals surface area contributed by atoms with E-state index in [1.54, 1.807) is 0 Å². The van der Waals surface area contributed by atoms with Crippen LogP contribution in [0.2, 0.25) is 0 Å². The average molecular weight is 810 g/mol. The van der Waals surface area contributed by atoms with Gasteiger partial charge in [-0.05, 0) is 103 Å². The number of hydrogen-bond acceptors (Lipinski definition) is 1. The number of anilines is 3. The van der Waals surface area contributed by atoms with Crippen LogP contribution < -0.4 is 4.90 Å². The minimum atomic E-state index is -0.520. The van der Waals surface area contributed by atoms with E-state index in [2.05, 4.69) is 225 Å². The molecule has 1 fully saturated rings. The zero-order valence-electron chi connectivity index (χ0n) is 36.2. The van der Waals surface area contributed by atoms with E-state index < -0.39 is 5.41 Å². The van der Waals surface area contributed by atoms with Crippen LogP contribution in [0.1, 0.15) is 90.8 Å². The van der Waals surface area contributed by atoms with Gasteiger partial charge >= 0.3 is 0 Å². The molecule has 1 heteroatoms. The molecule has 0 spiro atoms. The lowest BCUT2D eigenvalue weighted by Crippen LogP contribution is -2.28. The molecule has 0 radical (unpaired) electrons. The molecular weight excluding hydrogens is 759 g/mol. The van der Waals surface area contributed by atoms with Crippen molar-refractivity contribution in [1.82, 2.24) is 0 Å². The van der Waals surface area contributed by atoms with Gasteiger partial charge in [0.15, 0.2) is 0 Å². The maximum absolute atomic E-state index is 2.65. The van der Waals surface area contributed by atoms with E-state index in [1.165, 1.54) is 132 Å². The number of nitrogens with zero attached hydrogens (tertiary/aromatic N) is 1. The second-order valence-corrected chi connectivity index (χ2v) is 18.5. The van der Waals surface area contributed by atoms with E-state index in [0.717, 1.165) is 0 Å². The number of para-hydroxylation sites is 1. The Labute approximate surface area is 372 Å². The van der Waals surface area contributed by atoms with Crippen LogP contribution in [0.25, 0.3) is 44.2 Å². The topological polar surface area (TPSA) is 3.24 Å². The quantitative estimate of drug-likeness (QED) is 0.155. The minimum absolute atomic E-state index is 0.154. The fraction of sp³-hybridized carbons (Fsp3) is 0.161. The fourth-order valence-electron chi connectivity index (χ4n) is 12.2.